The normalized spacial score (nSPS) is 18.2. The molecule has 3 rings (SSSR count). The summed E-state index contributed by atoms with van der Waals surface area (Å²) in [5, 5.41) is 3.42. The van der Waals surface area contributed by atoms with Gasteiger partial charge in [0.1, 0.15) is 0 Å². The number of rotatable bonds is 5. The fourth-order valence-corrected chi connectivity index (χ4v) is 3.83. The highest BCUT2D eigenvalue weighted by atomic mass is 35.5. The van der Waals surface area contributed by atoms with Gasteiger partial charge in [0.15, 0.2) is 0 Å². The molecule has 0 spiro atoms. The molecule has 0 unspecified atom stereocenters. The van der Waals surface area contributed by atoms with Crippen molar-refractivity contribution in [2.24, 2.45) is 0 Å². The van der Waals surface area contributed by atoms with Gasteiger partial charge in [-0.25, -0.2) is 0 Å². The first-order valence-corrected chi connectivity index (χ1v) is 9.07. The molecule has 1 N–H and O–H groups in total. The molecule has 2 aliphatic heterocycles. The first-order chi connectivity index (χ1) is 11.3. The quantitative estimate of drug-likeness (QED) is 0.885. The van der Waals surface area contributed by atoms with Crippen molar-refractivity contribution < 1.29 is 4.79 Å². The van der Waals surface area contributed by atoms with Gasteiger partial charge in [-0.05, 0) is 56.4 Å². The van der Waals surface area contributed by atoms with Crippen LogP contribution in [0.15, 0.2) is 24.3 Å². The van der Waals surface area contributed by atoms with Crippen LogP contribution in [-0.4, -0.2) is 54.5 Å². The van der Waals surface area contributed by atoms with E-state index in [1.165, 1.54) is 11.1 Å². The van der Waals surface area contributed by atoms with Gasteiger partial charge >= 0.3 is 0 Å². The summed E-state index contributed by atoms with van der Waals surface area (Å²) in [5.41, 5.74) is 2.72. The molecule has 1 fully saturated rings. The molecule has 0 atom stereocenters. The Morgan fingerprint density at radius 2 is 1.96 bits per heavy atom. The third-order valence-electron chi connectivity index (χ3n) is 5.16. The summed E-state index contributed by atoms with van der Waals surface area (Å²) in [6, 6.07) is 9.08. The lowest BCUT2D eigenvalue weighted by Gasteiger charge is -2.36. The van der Waals surface area contributed by atoms with E-state index >= 15 is 0 Å². The molecule has 134 valence electrons. The summed E-state index contributed by atoms with van der Waals surface area (Å²) in [4.78, 5) is 17.3. The van der Waals surface area contributed by atoms with Crippen molar-refractivity contribution >= 4 is 18.3 Å². The van der Waals surface area contributed by atoms with E-state index in [1.807, 2.05) is 4.90 Å². The second-order valence-electron chi connectivity index (χ2n) is 6.79. The van der Waals surface area contributed by atoms with Crippen molar-refractivity contribution in [1.29, 1.82) is 0 Å². The fourth-order valence-electron chi connectivity index (χ4n) is 3.83. The molecule has 5 heteroatoms. The number of benzene rings is 1. The number of halogens is 1. The van der Waals surface area contributed by atoms with Crippen LogP contribution in [0.1, 0.15) is 37.3 Å². The molecule has 1 aromatic carbocycles. The van der Waals surface area contributed by atoms with E-state index in [-0.39, 0.29) is 12.4 Å². The lowest BCUT2D eigenvalue weighted by molar-refractivity contribution is -0.134. The molecule has 0 saturated carbocycles. The molecular weight excluding hydrogens is 322 g/mol. The summed E-state index contributed by atoms with van der Waals surface area (Å²) >= 11 is 0. The highest BCUT2D eigenvalue weighted by Gasteiger charge is 2.26. The van der Waals surface area contributed by atoms with Crippen molar-refractivity contribution in [3.8, 4) is 0 Å². The number of amides is 1. The molecule has 2 heterocycles. The van der Waals surface area contributed by atoms with Crippen molar-refractivity contribution in [2.75, 3.05) is 32.7 Å². The third-order valence-corrected chi connectivity index (χ3v) is 5.16. The van der Waals surface area contributed by atoms with Gasteiger partial charge in [-0.2, -0.15) is 0 Å². The van der Waals surface area contributed by atoms with E-state index < -0.39 is 0 Å². The largest absolute Gasteiger partial charge is 0.337 e. The van der Waals surface area contributed by atoms with Gasteiger partial charge < -0.3 is 10.2 Å². The van der Waals surface area contributed by atoms with E-state index in [1.54, 1.807) is 0 Å². The maximum Gasteiger partial charge on any atom is 0.237 e. The van der Waals surface area contributed by atoms with E-state index in [2.05, 4.69) is 41.4 Å². The van der Waals surface area contributed by atoms with Crippen LogP contribution in [-0.2, 0) is 17.8 Å². The minimum atomic E-state index is 0. The first kappa shape index (κ1) is 19.2. The van der Waals surface area contributed by atoms with Crippen molar-refractivity contribution in [2.45, 2.75) is 45.2 Å². The fraction of sp³-hybridized carbons (Fsp3) is 0.632. The Balaban J connectivity index is 0.00000208. The van der Waals surface area contributed by atoms with Gasteiger partial charge in [-0.3, -0.25) is 9.69 Å². The van der Waals surface area contributed by atoms with Crippen molar-refractivity contribution in [3.05, 3.63) is 35.4 Å². The van der Waals surface area contributed by atoms with Crippen molar-refractivity contribution in [1.82, 2.24) is 15.1 Å². The highest BCUT2D eigenvalue weighted by molar-refractivity contribution is 5.85. The average molecular weight is 352 g/mol. The Bertz CT molecular complexity index is 531. The zero-order valence-electron chi connectivity index (χ0n) is 14.7. The molecule has 0 aromatic heterocycles. The van der Waals surface area contributed by atoms with Crippen LogP contribution in [0.4, 0.5) is 0 Å². The van der Waals surface area contributed by atoms with E-state index in [9.17, 15) is 4.79 Å². The standard InChI is InChI=1S/C19H29N3O.ClH/c1-2-12-21(18-7-10-20-11-8-18)15-19(23)22-13-9-16-5-3-4-6-17(16)14-22;/h3-6,18,20H,2,7-15H2,1H3;1H. The van der Waals surface area contributed by atoms with E-state index in [4.69, 9.17) is 0 Å². The number of hydrogen-bond acceptors (Lipinski definition) is 3. The molecule has 4 nitrogen and oxygen atoms in total. The monoisotopic (exact) mass is 351 g/mol. The smallest absolute Gasteiger partial charge is 0.237 e. The lowest BCUT2D eigenvalue weighted by atomic mass is 9.99. The average Bonchev–Trinajstić information content (AvgIpc) is 2.61. The topological polar surface area (TPSA) is 35.6 Å². The number of carbonyl (C=O) groups excluding carboxylic acids is 1. The Hall–Kier alpha value is -1.10. The summed E-state index contributed by atoms with van der Waals surface area (Å²) in [6.07, 6.45) is 4.43. The Kier molecular flexibility index (Phi) is 7.53. The minimum absolute atomic E-state index is 0. The summed E-state index contributed by atoms with van der Waals surface area (Å²) in [5.74, 6) is 0.298. The molecule has 0 aliphatic carbocycles. The Morgan fingerprint density at radius 1 is 1.25 bits per heavy atom. The van der Waals surface area contributed by atoms with Crippen LogP contribution in [0.5, 0.6) is 0 Å². The van der Waals surface area contributed by atoms with Gasteiger partial charge in [0.25, 0.3) is 0 Å². The van der Waals surface area contributed by atoms with Crippen LogP contribution in [0.3, 0.4) is 0 Å². The van der Waals surface area contributed by atoms with Gasteiger partial charge in [0, 0.05) is 19.1 Å². The molecule has 2 aliphatic rings. The van der Waals surface area contributed by atoms with E-state index in [0.717, 1.165) is 58.4 Å². The molecule has 1 aromatic rings. The second-order valence-corrected chi connectivity index (χ2v) is 6.79. The minimum Gasteiger partial charge on any atom is -0.337 e. The highest BCUT2D eigenvalue weighted by Crippen LogP contribution is 2.19. The predicted octanol–water partition coefficient (Wildman–Crippen LogP) is 2.46. The van der Waals surface area contributed by atoms with Crippen LogP contribution >= 0.6 is 12.4 Å². The number of piperidine rings is 1. The zero-order valence-corrected chi connectivity index (χ0v) is 15.5. The van der Waals surface area contributed by atoms with Crippen LogP contribution < -0.4 is 5.32 Å². The maximum atomic E-state index is 12.8. The molecule has 1 saturated heterocycles. The maximum absolute atomic E-state index is 12.8. The summed E-state index contributed by atoms with van der Waals surface area (Å²) < 4.78 is 0. The SMILES string of the molecule is CCCN(CC(=O)N1CCc2ccccc2C1)C1CCNCC1.Cl. The number of nitrogens with one attached hydrogen (secondary N) is 1. The van der Waals surface area contributed by atoms with Gasteiger partial charge in [0.2, 0.25) is 5.91 Å². The number of hydrogen-bond donors (Lipinski definition) is 1. The number of nitrogens with zero attached hydrogens (tertiary/aromatic N) is 2. The number of carbonyl (C=O) groups is 1. The Labute approximate surface area is 152 Å². The lowest BCUT2D eigenvalue weighted by Crippen LogP contribution is -2.49. The van der Waals surface area contributed by atoms with Gasteiger partial charge in [-0.15, -0.1) is 12.4 Å². The third kappa shape index (κ3) is 4.71. The number of fused-ring (bicyclic) bond motifs is 1. The van der Waals surface area contributed by atoms with Crippen LogP contribution in [0.2, 0.25) is 0 Å². The van der Waals surface area contributed by atoms with Gasteiger partial charge in [0.05, 0.1) is 6.54 Å². The molecule has 24 heavy (non-hydrogen) atoms. The van der Waals surface area contributed by atoms with E-state index in [0.29, 0.717) is 18.5 Å². The van der Waals surface area contributed by atoms with Crippen LogP contribution in [0.25, 0.3) is 0 Å². The second kappa shape index (κ2) is 9.40. The first-order valence-electron chi connectivity index (χ1n) is 9.07. The molecule has 0 bridgehead atoms. The van der Waals surface area contributed by atoms with Crippen molar-refractivity contribution in [3.63, 3.8) is 0 Å². The van der Waals surface area contributed by atoms with Crippen LogP contribution in [0, 0.1) is 0 Å². The zero-order chi connectivity index (χ0) is 16.1. The van der Waals surface area contributed by atoms with Gasteiger partial charge in [-0.1, -0.05) is 31.2 Å². The molecule has 0 radical (unpaired) electrons. The molecular formula is C19H30ClN3O. The predicted molar refractivity (Wildman–Crippen MR) is 101 cm³/mol. The summed E-state index contributed by atoms with van der Waals surface area (Å²) in [7, 11) is 0. The molecule has 1 amide bonds. The Morgan fingerprint density at radius 3 is 2.67 bits per heavy atom. The summed E-state index contributed by atoms with van der Waals surface area (Å²) in [6.45, 7) is 7.62.